The molecular formula is C15H17ClFN3O2S. The van der Waals surface area contributed by atoms with Gasteiger partial charge in [0.1, 0.15) is 5.82 Å². The number of sulfonamides is 1. The fourth-order valence-electron chi connectivity index (χ4n) is 2.70. The number of nitrogens with zero attached hydrogens (tertiary/aromatic N) is 3. The van der Waals surface area contributed by atoms with E-state index in [9.17, 15) is 12.8 Å². The molecule has 0 bridgehead atoms. The van der Waals surface area contributed by atoms with Gasteiger partial charge in [-0.15, -0.1) is 0 Å². The average molecular weight is 358 g/mol. The third-order valence-corrected chi connectivity index (χ3v) is 5.80. The van der Waals surface area contributed by atoms with Crippen molar-refractivity contribution in [3.63, 3.8) is 0 Å². The number of hydrogen-bond donors (Lipinski definition) is 0. The van der Waals surface area contributed by atoms with Crippen molar-refractivity contribution in [3.8, 4) is 0 Å². The predicted octanol–water partition coefficient (Wildman–Crippen LogP) is 3.40. The summed E-state index contributed by atoms with van der Waals surface area (Å²) >= 11 is 5.88. The normalized spacial score (nSPS) is 15.1. The quantitative estimate of drug-likeness (QED) is 0.846. The van der Waals surface area contributed by atoms with Crippen molar-refractivity contribution in [1.82, 2.24) is 9.55 Å². The maximum atomic E-state index is 14.3. The van der Waals surface area contributed by atoms with Gasteiger partial charge in [-0.2, -0.15) is 8.42 Å². The number of benzene rings is 1. The molecule has 0 atom stereocenters. The van der Waals surface area contributed by atoms with E-state index < -0.39 is 15.8 Å². The fourth-order valence-corrected chi connectivity index (χ4v) is 4.40. The summed E-state index contributed by atoms with van der Waals surface area (Å²) in [6.45, 7) is 4.08. The maximum absolute atomic E-state index is 14.3. The Hall–Kier alpha value is -1.60. The molecule has 0 aliphatic carbocycles. The van der Waals surface area contributed by atoms with Crippen LogP contribution in [0.4, 0.5) is 10.1 Å². The molecule has 0 spiro atoms. The second-order valence-corrected chi connectivity index (χ2v) is 8.07. The molecule has 23 heavy (non-hydrogen) atoms. The summed E-state index contributed by atoms with van der Waals surface area (Å²) in [4.78, 5) is 3.99. The van der Waals surface area contributed by atoms with Gasteiger partial charge in [0.05, 0.1) is 12.0 Å². The Morgan fingerprint density at radius 3 is 2.74 bits per heavy atom. The molecule has 0 N–H and O–H groups in total. The van der Waals surface area contributed by atoms with Crippen molar-refractivity contribution in [2.24, 2.45) is 0 Å². The molecule has 1 aromatic carbocycles. The van der Waals surface area contributed by atoms with Crippen LogP contribution >= 0.6 is 11.6 Å². The standard InChI is InChI=1S/C15H17ClFN3O2S/c1-10(2)19-8-14(18-9-19)23(21,22)20-5-3-4-11-6-12(16)7-13(17)15(11)20/h6-10H,3-5H2,1-2H3. The zero-order valence-electron chi connectivity index (χ0n) is 12.8. The monoisotopic (exact) mass is 357 g/mol. The summed E-state index contributed by atoms with van der Waals surface area (Å²) in [7, 11) is -3.91. The Morgan fingerprint density at radius 1 is 1.35 bits per heavy atom. The Labute approximate surface area is 139 Å². The molecule has 0 saturated heterocycles. The van der Waals surface area contributed by atoms with E-state index in [1.807, 2.05) is 13.8 Å². The number of hydrogen-bond acceptors (Lipinski definition) is 3. The number of halogens is 2. The molecule has 5 nitrogen and oxygen atoms in total. The molecule has 2 heterocycles. The first-order valence-corrected chi connectivity index (χ1v) is 9.16. The molecule has 1 aliphatic heterocycles. The van der Waals surface area contributed by atoms with E-state index in [-0.39, 0.29) is 28.3 Å². The minimum atomic E-state index is -3.91. The summed E-state index contributed by atoms with van der Waals surface area (Å²) in [5, 5.41) is 0.193. The molecule has 2 aromatic rings. The molecule has 8 heteroatoms. The zero-order chi connectivity index (χ0) is 16.8. The van der Waals surface area contributed by atoms with Gasteiger partial charge in [0.2, 0.25) is 0 Å². The van der Waals surface area contributed by atoms with Crippen LogP contribution < -0.4 is 4.31 Å². The van der Waals surface area contributed by atoms with E-state index >= 15 is 0 Å². The lowest BCUT2D eigenvalue weighted by Crippen LogP contribution is -2.36. The Morgan fingerprint density at radius 2 is 2.09 bits per heavy atom. The van der Waals surface area contributed by atoms with E-state index in [0.29, 0.717) is 18.4 Å². The van der Waals surface area contributed by atoms with Gasteiger partial charge in [0.15, 0.2) is 5.03 Å². The van der Waals surface area contributed by atoms with Gasteiger partial charge < -0.3 is 4.57 Å². The van der Waals surface area contributed by atoms with Crippen LogP contribution in [0.2, 0.25) is 5.02 Å². The number of imidazole rings is 1. The lowest BCUT2D eigenvalue weighted by Gasteiger charge is -2.30. The highest BCUT2D eigenvalue weighted by Gasteiger charge is 2.33. The summed E-state index contributed by atoms with van der Waals surface area (Å²) in [5.41, 5.74) is 0.688. The Bertz CT molecular complexity index is 848. The molecule has 0 fully saturated rings. The van der Waals surface area contributed by atoms with Crippen LogP contribution in [0.1, 0.15) is 31.9 Å². The number of aromatic nitrogens is 2. The highest BCUT2D eigenvalue weighted by molar-refractivity contribution is 7.92. The van der Waals surface area contributed by atoms with E-state index in [1.54, 1.807) is 10.6 Å². The number of rotatable bonds is 3. The van der Waals surface area contributed by atoms with Gasteiger partial charge in [0, 0.05) is 23.8 Å². The molecule has 1 aliphatic rings. The highest BCUT2D eigenvalue weighted by atomic mass is 35.5. The van der Waals surface area contributed by atoms with Crippen molar-refractivity contribution in [1.29, 1.82) is 0 Å². The van der Waals surface area contributed by atoms with Gasteiger partial charge in [-0.1, -0.05) is 11.6 Å². The van der Waals surface area contributed by atoms with Crippen molar-refractivity contribution in [2.45, 2.75) is 37.8 Å². The summed E-state index contributed by atoms with van der Waals surface area (Å²) < 4.78 is 42.9. The van der Waals surface area contributed by atoms with E-state index in [4.69, 9.17) is 11.6 Å². The third kappa shape index (κ3) is 2.83. The van der Waals surface area contributed by atoms with Crippen LogP contribution in [0.3, 0.4) is 0 Å². The highest BCUT2D eigenvalue weighted by Crippen LogP contribution is 2.36. The van der Waals surface area contributed by atoms with Gasteiger partial charge in [-0.3, -0.25) is 4.31 Å². The van der Waals surface area contributed by atoms with Crippen LogP contribution in [0.25, 0.3) is 0 Å². The SMILES string of the molecule is CC(C)n1cnc(S(=O)(=O)N2CCCc3cc(Cl)cc(F)c32)c1. The average Bonchev–Trinajstić information content (AvgIpc) is 2.97. The first-order chi connectivity index (χ1) is 10.8. The van der Waals surface area contributed by atoms with Crippen LogP contribution in [0.5, 0.6) is 0 Å². The molecular weight excluding hydrogens is 341 g/mol. The fraction of sp³-hybridized carbons (Fsp3) is 0.400. The Kier molecular flexibility index (Phi) is 4.10. The first-order valence-electron chi connectivity index (χ1n) is 7.35. The summed E-state index contributed by atoms with van der Waals surface area (Å²) in [6, 6.07) is 2.85. The van der Waals surface area contributed by atoms with Crippen molar-refractivity contribution in [2.75, 3.05) is 10.8 Å². The van der Waals surface area contributed by atoms with Crippen LogP contribution in [0, 0.1) is 5.82 Å². The van der Waals surface area contributed by atoms with E-state index in [1.165, 1.54) is 12.5 Å². The molecule has 1 aromatic heterocycles. The minimum Gasteiger partial charge on any atom is -0.334 e. The topological polar surface area (TPSA) is 55.2 Å². The largest absolute Gasteiger partial charge is 0.334 e. The maximum Gasteiger partial charge on any atom is 0.283 e. The minimum absolute atomic E-state index is 0.0756. The van der Waals surface area contributed by atoms with Crippen molar-refractivity contribution in [3.05, 3.63) is 41.1 Å². The number of aryl methyl sites for hydroxylation is 1. The van der Waals surface area contributed by atoms with Crippen molar-refractivity contribution < 1.29 is 12.8 Å². The predicted molar refractivity (Wildman–Crippen MR) is 86.9 cm³/mol. The number of anilines is 1. The zero-order valence-corrected chi connectivity index (χ0v) is 14.4. The molecule has 124 valence electrons. The van der Waals surface area contributed by atoms with Crippen LogP contribution in [-0.2, 0) is 16.4 Å². The van der Waals surface area contributed by atoms with Crippen LogP contribution in [-0.4, -0.2) is 24.5 Å². The second-order valence-electron chi connectivity index (χ2n) is 5.83. The molecule has 0 radical (unpaired) electrons. The van der Waals surface area contributed by atoms with Gasteiger partial charge in [-0.25, -0.2) is 9.37 Å². The second kappa shape index (κ2) is 5.79. The summed E-state index contributed by atoms with van der Waals surface area (Å²) in [6.07, 6.45) is 4.15. The van der Waals surface area contributed by atoms with Gasteiger partial charge in [0.25, 0.3) is 10.0 Å². The van der Waals surface area contributed by atoms with Gasteiger partial charge >= 0.3 is 0 Å². The lowest BCUT2D eigenvalue weighted by molar-refractivity contribution is 0.573. The van der Waals surface area contributed by atoms with Crippen molar-refractivity contribution >= 4 is 27.3 Å². The summed E-state index contributed by atoms with van der Waals surface area (Å²) in [5.74, 6) is -0.626. The molecule has 3 rings (SSSR count). The smallest absolute Gasteiger partial charge is 0.283 e. The molecule has 0 amide bonds. The van der Waals surface area contributed by atoms with E-state index in [2.05, 4.69) is 4.98 Å². The molecule has 0 saturated carbocycles. The number of fused-ring (bicyclic) bond motifs is 1. The lowest BCUT2D eigenvalue weighted by atomic mass is 10.0. The first kappa shape index (κ1) is 16.3. The third-order valence-electron chi connectivity index (χ3n) is 3.89. The molecule has 0 unspecified atom stereocenters. The van der Waals surface area contributed by atoms with Gasteiger partial charge in [-0.05, 0) is 44.4 Å². The van der Waals surface area contributed by atoms with E-state index in [0.717, 1.165) is 10.4 Å². The Balaban J connectivity index is 2.09. The van der Waals surface area contributed by atoms with Crippen LogP contribution in [0.15, 0.2) is 29.7 Å².